The molecular formula is C10H16N2. The normalized spacial score (nSPS) is 8.92. The molecule has 0 aliphatic rings. The van der Waals surface area contributed by atoms with Crippen LogP contribution in [0.3, 0.4) is 0 Å². The van der Waals surface area contributed by atoms with Crippen LogP contribution in [0, 0.1) is 0 Å². The molecule has 1 aromatic rings. The van der Waals surface area contributed by atoms with E-state index in [-0.39, 0.29) is 0 Å². The smallest absolute Gasteiger partial charge is 0.0540 e. The van der Waals surface area contributed by atoms with Crippen molar-refractivity contribution in [3.8, 4) is 0 Å². The van der Waals surface area contributed by atoms with Crippen LogP contribution in [-0.2, 0) is 0 Å². The molecule has 1 rings (SSSR count). The van der Waals surface area contributed by atoms with Crippen molar-refractivity contribution in [2.45, 2.75) is 13.8 Å². The van der Waals surface area contributed by atoms with Gasteiger partial charge in [-0.05, 0) is 5.56 Å². The van der Waals surface area contributed by atoms with Gasteiger partial charge in [0.15, 0.2) is 0 Å². The molecule has 0 aliphatic heterocycles. The zero-order valence-electron chi connectivity index (χ0n) is 7.91. The number of hydrazone groups is 1. The lowest BCUT2D eigenvalue weighted by Crippen LogP contribution is -1.94. The maximum Gasteiger partial charge on any atom is 0.0540 e. The quantitative estimate of drug-likeness (QED) is 0.526. The first-order chi connectivity index (χ1) is 5.93. The Morgan fingerprint density at radius 2 is 1.75 bits per heavy atom. The summed E-state index contributed by atoms with van der Waals surface area (Å²) in [4.78, 5) is 0. The minimum Gasteiger partial charge on any atom is -0.313 e. The van der Waals surface area contributed by atoms with Crippen LogP contribution < -0.4 is 5.43 Å². The predicted molar refractivity (Wildman–Crippen MR) is 54.4 cm³/mol. The van der Waals surface area contributed by atoms with E-state index in [1.54, 1.807) is 13.3 Å². The van der Waals surface area contributed by atoms with E-state index in [4.69, 9.17) is 0 Å². The molecule has 1 aromatic carbocycles. The van der Waals surface area contributed by atoms with Crippen LogP contribution in [0.2, 0.25) is 0 Å². The van der Waals surface area contributed by atoms with Crippen molar-refractivity contribution in [3.05, 3.63) is 35.9 Å². The third kappa shape index (κ3) is 4.50. The fourth-order valence-electron chi connectivity index (χ4n) is 0.678. The van der Waals surface area contributed by atoms with E-state index in [0.717, 1.165) is 5.56 Å². The molecule has 0 fully saturated rings. The van der Waals surface area contributed by atoms with Gasteiger partial charge >= 0.3 is 0 Å². The van der Waals surface area contributed by atoms with Gasteiger partial charge in [0.05, 0.1) is 6.21 Å². The summed E-state index contributed by atoms with van der Waals surface area (Å²) in [6.45, 7) is 4.00. The topological polar surface area (TPSA) is 24.4 Å². The molecule has 0 saturated heterocycles. The van der Waals surface area contributed by atoms with E-state index in [0.29, 0.717) is 0 Å². The van der Waals surface area contributed by atoms with E-state index >= 15 is 0 Å². The van der Waals surface area contributed by atoms with Gasteiger partial charge in [-0.2, -0.15) is 5.10 Å². The van der Waals surface area contributed by atoms with Gasteiger partial charge in [-0.1, -0.05) is 44.2 Å². The second-order valence-corrected chi connectivity index (χ2v) is 1.89. The highest BCUT2D eigenvalue weighted by molar-refractivity contribution is 5.79. The van der Waals surface area contributed by atoms with E-state index < -0.39 is 0 Å². The summed E-state index contributed by atoms with van der Waals surface area (Å²) < 4.78 is 0. The molecule has 2 nitrogen and oxygen atoms in total. The fourth-order valence-corrected chi connectivity index (χ4v) is 0.678. The highest BCUT2D eigenvalue weighted by Gasteiger charge is 1.80. The maximum atomic E-state index is 3.87. The number of nitrogens with one attached hydrogen (secondary N) is 1. The Morgan fingerprint density at radius 3 is 2.25 bits per heavy atom. The molecule has 0 bridgehead atoms. The average Bonchev–Trinajstić information content (AvgIpc) is 2.19. The van der Waals surface area contributed by atoms with Crippen LogP contribution in [-0.4, -0.2) is 13.3 Å². The molecule has 0 spiro atoms. The summed E-state index contributed by atoms with van der Waals surface area (Å²) in [5, 5.41) is 3.87. The van der Waals surface area contributed by atoms with Gasteiger partial charge in [0.25, 0.3) is 0 Å². The van der Waals surface area contributed by atoms with E-state index in [1.165, 1.54) is 0 Å². The molecule has 1 N–H and O–H groups in total. The van der Waals surface area contributed by atoms with Gasteiger partial charge in [0, 0.05) is 7.05 Å². The van der Waals surface area contributed by atoms with Crippen LogP contribution in [0.25, 0.3) is 0 Å². The van der Waals surface area contributed by atoms with Gasteiger partial charge in [-0.15, -0.1) is 0 Å². The zero-order valence-corrected chi connectivity index (χ0v) is 7.91. The molecule has 0 aromatic heterocycles. The second-order valence-electron chi connectivity index (χ2n) is 1.89. The highest BCUT2D eigenvalue weighted by atomic mass is 15.3. The van der Waals surface area contributed by atoms with Crippen molar-refractivity contribution >= 4 is 6.21 Å². The number of rotatable bonds is 2. The SMILES string of the molecule is CC.CNN=Cc1ccccc1. The predicted octanol–water partition coefficient (Wildman–Crippen LogP) is 2.27. The van der Waals surface area contributed by atoms with E-state index in [2.05, 4.69) is 10.5 Å². The molecule has 0 aliphatic carbocycles. The molecule has 0 unspecified atom stereocenters. The van der Waals surface area contributed by atoms with E-state index in [1.807, 2.05) is 44.2 Å². The van der Waals surface area contributed by atoms with E-state index in [9.17, 15) is 0 Å². The van der Waals surface area contributed by atoms with Gasteiger partial charge in [0.1, 0.15) is 0 Å². The Morgan fingerprint density at radius 1 is 1.17 bits per heavy atom. The van der Waals surface area contributed by atoms with Gasteiger partial charge in [0.2, 0.25) is 0 Å². The first-order valence-corrected chi connectivity index (χ1v) is 4.18. The maximum absolute atomic E-state index is 3.87. The van der Waals surface area contributed by atoms with Crippen LogP contribution in [0.15, 0.2) is 35.4 Å². The molecule has 12 heavy (non-hydrogen) atoms. The average molecular weight is 164 g/mol. The lowest BCUT2D eigenvalue weighted by molar-refractivity contribution is 0.908. The summed E-state index contributed by atoms with van der Waals surface area (Å²) in [6.07, 6.45) is 1.78. The minimum absolute atomic E-state index is 1.11. The minimum atomic E-state index is 1.11. The summed E-state index contributed by atoms with van der Waals surface area (Å²) in [5.41, 5.74) is 3.79. The third-order valence-corrected chi connectivity index (χ3v) is 1.14. The molecule has 0 saturated carbocycles. The van der Waals surface area contributed by atoms with Gasteiger partial charge in [-0.3, -0.25) is 0 Å². The monoisotopic (exact) mass is 164 g/mol. The summed E-state index contributed by atoms with van der Waals surface area (Å²) in [5.74, 6) is 0. The van der Waals surface area contributed by atoms with Crippen molar-refractivity contribution in [1.29, 1.82) is 0 Å². The van der Waals surface area contributed by atoms with Crippen LogP contribution >= 0.6 is 0 Å². The van der Waals surface area contributed by atoms with Crippen LogP contribution in [0.5, 0.6) is 0 Å². The van der Waals surface area contributed by atoms with Crippen molar-refractivity contribution < 1.29 is 0 Å². The van der Waals surface area contributed by atoms with Crippen LogP contribution in [0.1, 0.15) is 19.4 Å². The molecular weight excluding hydrogens is 148 g/mol. The fraction of sp³-hybridized carbons (Fsp3) is 0.300. The second kappa shape index (κ2) is 7.79. The molecule has 0 heterocycles. The Bertz CT molecular complexity index is 204. The first-order valence-electron chi connectivity index (χ1n) is 4.18. The lowest BCUT2D eigenvalue weighted by atomic mass is 10.2. The lowest BCUT2D eigenvalue weighted by Gasteiger charge is -1.88. The molecule has 0 amide bonds. The molecule has 66 valence electrons. The molecule has 2 heteroatoms. The summed E-state index contributed by atoms with van der Waals surface area (Å²) in [6, 6.07) is 9.95. The number of benzene rings is 1. The van der Waals surface area contributed by atoms with Gasteiger partial charge < -0.3 is 5.43 Å². The van der Waals surface area contributed by atoms with Crippen molar-refractivity contribution in [3.63, 3.8) is 0 Å². The first kappa shape index (κ1) is 10.7. The van der Waals surface area contributed by atoms with Crippen LogP contribution in [0.4, 0.5) is 0 Å². The standard InChI is InChI=1S/C8H10N2.C2H6/c1-9-10-7-8-5-3-2-4-6-8;1-2/h2-7,9H,1H3;1-2H3. The van der Waals surface area contributed by atoms with Crippen molar-refractivity contribution in [2.75, 3.05) is 7.05 Å². The zero-order chi connectivity index (χ0) is 9.23. The Kier molecular flexibility index (Phi) is 6.94. The van der Waals surface area contributed by atoms with Gasteiger partial charge in [-0.25, -0.2) is 0 Å². The molecule has 0 atom stereocenters. The number of nitrogens with zero attached hydrogens (tertiary/aromatic N) is 1. The largest absolute Gasteiger partial charge is 0.313 e. The Balaban J connectivity index is 0.000000561. The molecule has 0 radical (unpaired) electrons. The Labute approximate surface area is 74.3 Å². The number of hydrogen-bond acceptors (Lipinski definition) is 2. The third-order valence-electron chi connectivity index (χ3n) is 1.14. The highest BCUT2D eigenvalue weighted by Crippen LogP contribution is 1.92. The van der Waals surface area contributed by atoms with Crippen molar-refractivity contribution in [2.24, 2.45) is 5.10 Å². The number of hydrogen-bond donors (Lipinski definition) is 1. The summed E-state index contributed by atoms with van der Waals surface area (Å²) in [7, 11) is 1.78. The Hall–Kier alpha value is -1.31. The van der Waals surface area contributed by atoms with Crippen molar-refractivity contribution in [1.82, 2.24) is 5.43 Å². The summed E-state index contributed by atoms with van der Waals surface area (Å²) >= 11 is 0.